The highest BCUT2D eigenvalue weighted by molar-refractivity contribution is 5.92. The number of rotatable bonds is 4. The van der Waals surface area contributed by atoms with E-state index in [2.05, 4.69) is 15.2 Å². The van der Waals surface area contributed by atoms with Crippen LogP contribution in [0.15, 0.2) is 18.3 Å². The van der Waals surface area contributed by atoms with Crippen molar-refractivity contribution in [2.24, 2.45) is 5.92 Å². The highest BCUT2D eigenvalue weighted by Crippen LogP contribution is 2.29. The molecule has 3 rings (SSSR count). The van der Waals surface area contributed by atoms with E-state index in [9.17, 15) is 9.90 Å². The second-order valence-corrected chi connectivity index (χ2v) is 6.97. The Kier molecular flexibility index (Phi) is 5.56. The molecule has 1 aromatic heterocycles. The van der Waals surface area contributed by atoms with Crippen molar-refractivity contribution in [3.05, 3.63) is 18.3 Å². The molecule has 1 aromatic rings. The van der Waals surface area contributed by atoms with Gasteiger partial charge in [0, 0.05) is 39.0 Å². The van der Waals surface area contributed by atoms with Gasteiger partial charge in [0.25, 0.3) is 0 Å². The lowest BCUT2D eigenvalue weighted by Crippen LogP contribution is -2.42. The van der Waals surface area contributed by atoms with Crippen LogP contribution < -0.4 is 10.2 Å². The summed E-state index contributed by atoms with van der Waals surface area (Å²) in [7, 11) is 1.87. The highest BCUT2D eigenvalue weighted by atomic mass is 16.3. The number of anilines is 2. The molecule has 6 nitrogen and oxygen atoms in total. The minimum atomic E-state index is -0.0732. The second kappa shape index (κ2) is 7.83. The molecule has 1 aliphatic heterocycles. The van der Waals surface area contributed by atoms with Crippen molar-refractivity contribution in [3.63, 3.8) is 0 Å². The number of nitrogens with one attached hydrogen (secondary N) is 1. The zero-order chi connectivity index (χ0) is 16.9. The normalized spacial score (nSPS) is 24.0. The van der Waals surface area contributed by atoms with E-state index in [1.165, 1.54) is 12.8 Å². The Hall–Kier alpha value is -1.82. The van der Waals surface area contributed by atoms with Crippen LogP contribution >= 0.6 is 0 Å². The third kappa shape index (κ3) is 3.80. The summed E-state index contributed by atoms with van der Waals surface area (Å²) < 4.78 is 0. The zero-order valence-corrected chi connectivity index (χ0v) is 14.4. The molecule has 2 aliphatic rings. The van der Waals surface area contributed by atoms with E-state index >= 15 is 0 Å². The van der Waals surface area contributed by atoms with E-state index in [1.807, 2.05) is 24.1 Å². The van der Waals surface area contributed by atoms with Crippen molar-refractivity contribution in [1.82, 2.24) is 9.88 Å². The maximum absolute atomic E-state index is 12.6. The minimum Gasteiger partial charge on any atom is -0.396 e. The number of aliphatic hydroxyl groups is 1. The number of aliphatic hydroxyl groups excluding tert-OH is 1. The van der Waals surface area contributed by atoms with E-state index < -0.39 is 0 Å². The Bertz CT molecular complexity index is 552. The molecular formula is C18H28N4O2. The van der Waals surface area contributed by atoms with Gasteiger partial charge in [-0.3, -0.25) is 0 Å². The summed E-state index contributed by atoms with van der Waals surface area (Å²) in [5, 5.41) is 12.3. The minimum absolute atomic E-state index is 0.0732. The van der Waals surface area contributed by atoms with Gasteiger partial charge in [-0.1, -0.05) is 0 Å². The summed E-state index contributed by atoms with van der Waals surface area (Å²) in [6.07, 6.45) is 8.04. The monoisotopic (exact) mass is 332 g/mol. The van der Waals surface area contributed by atoms with Crippen LogP contribution in [0, 0.1) is 5.92 Å². The van der Waals surface area contributed by atoms with Gasteiger partial charge in [-0.25, -0.2) is 9.78 Å². The van der Waals surface area contributed by atoms with Gasteiger partial charge < -0.3 is 20.2 Å². The van der Waals surface area contributed by atoms with E-state index in [-0.39, 0.29) is 18.7 Å². The summed E-state index contributed by atoms with van der Waals surface area (Å²) >= 11 is 0. The highest BCUT2D eigenvalue weighted by Gasteiger charge is 2.27. The van der Waals surface area contributed by atoms with Gasteiger partial charge >= 0.3 is 6.03 Å². The van der Waals surface area contributed by atoms with E-state index in [4.69, 9.17) is 0 Å². The molecule has 2 amide bonds. The van der Waals surface area contributed by atoms with Gasteiger partial charge in [-0.05, 0) is 56.6 Å². The quantitative estimate of drug-likeness (QED) is 0.889. The van der Waals surface area contributed by atoms with Crippen molar-refractivity contribution >= 4 is 17.5 Å². The van der Waals surface area contributed by atoms with Crippen molar-refractivity contribution in [3.8, 4) is 0 Å². The molecule has 2 heterocycles. The first kappa shape index (κ1) is 17.0. The number of nitrogens with zero attached hydrogens (tertiary/aromatic N) is 3. The lowest BCUT2D eigenvalue weighted by Gasteiger charge is -2.34. The Morgan fingerprint density at radius 3 is 2.71 bits per heavy atom. The van der Waals surface area contributed by atoms with Crippen molar-refractivity contribution < 1.29 is 9.90 Å². The third-order valence-corrected chi connectivity index (χ3v) is 5.38. The molecule has 0 spiro atoms. The molecule has 1 saturated heterocycles. The fraction of sp³-hybridized carbons (Fsp3) is 0.667. The van der Waals surface area contributed by atoms with E-state index in [1.54, 1.807) is 6.20 Å². The summed E-state index contributed by atoms with van der Waals surface area (Å²) in [6.45, 7) is 2.26. The number of urea groups is 1. The van der Waals surface area contributed by atoms with Crippen LogP contribution in [0.2, 0.25) is 0 Å². The molecule has 0 radical (unpaired) electrons. The van der Waals surface area contributed by atoms with Crippen LogP contribution in [0.3, 0.4) is 0 Å². The maximum Gasteiger partial charge on any atom is 0.321 e. The smallest absolute Gasteiger partial charge is 0.321 e. The number of carbonyl (C=O) groups excluding carboxylic acids is 1. The molecule has 1 aliphatic carbocycles. The van der Waals surface area contributed by atoms with E-state index in [0.717, 1.165) is 50.3 Å². The van der Waals surface area contributed by atoms with Crippen LogP contribution in [-0.4, -0.2) is 53.8 Å². The molecule has 24 heavy (non-hydrogen) atoms. The molecule has 132 valence electrons. The SMILES string of the molecule is CN(C(=O)Nc1cccnc1N1CCCC1)C1CCC(CO)CC1. The molecule has 2 fully saturated rings. The number of carbonyl (C=O) groups is 1. The first-order valence-corrected chi connectivity index (χ1v) is 9.03. The number of aromatic nitrogens is 1. The van der Waals surface area contributed by atoms with Gasteiger partial charge in [-0.2, -0.15) is 0 Å². The molecule has 1 saturated carbocycles. The zero-order valence-electron chi connectivity index (χ0n) is 14.4. The molecule has 6 heteroatoms. The first-order chi connectivity index (χ1) is 11.7. The molecular weight excluding hydrogens is 304 g/mol. The van der Waals surface area contributed by atoms with Crippen molar-refractivity contribution in [2.45, 2.75) is 44.6 Å². The molecule has 0 aromatic carbocycles. The van der Waals surface area contributed by atoms with Crippen LogP contribution in [0.1, 0.15) is 38.5 Å². The average molecular weight is 332 g/mol. The first-order valence-electron chi connectivity index (χ1n) is 9.03. The Labute approximate surface area is 143 Å². The van der Waals surface area contributed by atoms with Crippen LogP contribution in [-0.2, 0) is 0 Å². The van der Waals surface area contributed by atoms with Gasteiger partial charge in [0.15, 0.2) is 5.82 Å². The Balaban J connectivity index is 1.62. The van der Waals surface area contributed by atoms with Crippen LogP contribution in [0.4, 0.5) is 16.3 Å². The standard InChI is InChI=1S/C18H28N4O2/c1-21(15-8-6-14(13-23)7-9-15)18(24)20-16-5-4-10-19-17(16)22-11-2-3-12-22/h4-5,10,14-15,23H,2-3,6-9,11-13H2,1H3,(H,20,24). The van der Waals surface area contributed by atoms with Gasteiger partial charge in [0.2, 0.25) is 0 Å². The number of hydrogen-bond donors (Lipinski definition) is 2. The molecule has 0 bridgehead atoms. The van der Waals surface area contributed by atoms with Crippen molar-refractivity contribution in [2.75, 3.05) is 37.0 Å². The van der Waals surface area contributed by atoms with Crippen molar-refractivity contribution in [1.29, 1.82) is 0 Å². The summed E-state index contributed by atoms with van der Waals surface area (Å²) in [6, 6.07) is 3.96. The van der Waals surface area contributed by atoms with Gasteiger partial charge in [0.1, 0.15) is 0 Å². The molecule has 2 N–H and O–H groups in total. The Morgan fingerprint density at radius 2 is 2.04 bits per heavy atom. The largest absolute Gasteiger partial charge is 0.396 e. The topological polar surface area (TPSA) is 68.7 Å². The Morgan fingerprint density at radius 1 is 1.33 bits per heavy atom. The number of pyridine rings is 1. The summed E-state index contributed by atoms with van der Waals surface area (Å²) in [5.41, 5.74) is 0.792. The third-order valence-electron chi connectivity index (χ3n) is 5.38. The van der Waals surface area contributed by atoms with Crippen LogP contribution in [0.25, 0.3) is 0 Å². The molecule has 0 atom stereocenters. The summed E-state index contributed by atoms with van der Waals surface area (Å²) in [4.78, 5) is 21.2. The predicted octanol–water partition coefficient (Wildman–Crippen LogP) is 2.70. The lowest BCUT2D eigenvalue weighted by molar-refractivity contribution is 0.139. The van der Waals surface area contributed by atoms with Crippen LogP contribution in [0.5, 0.6) is 0 Å². The van der Waals surface area contributed by atoms with Gasteiger partial charge in [-0.15, -0.1) is 0 Å². The fourth-order valence-electron chi connectivity index (χ4n) is 3.76. The predicted molar refractivity (Wildman–Crippen MR) is 95.3 cm³/mol. The average Bonchev–Trinajstić information content (AvgIpc) is 3.16. The lowest BCUT2D eigenvalue weighted by atomic mass is 9.86. The fourth-order valence-corrected chi connectivity index (χ4v) is 3.76. The summed E-state index contributed by atoms with van der Waals surface area (Å²) in [5.74, 6) is 1.28. The van der Waals surface area contributed by atoms with E-state index in [0.29, 0.717) is 5.92 Å². The second-order valence-electron chi connectivity index (χ2n) is 6.97. The number of amides is 2. The number of hydrogen-bond acceptors (Lipinski definition) is 4. The maximum atomic E-state index is 12.6. The van der Waals surface area contributed by atoms with Gasteiger partial charge in [0.05, 0.1) is 5.69 Å². The molecule has 0 unspecified atom stereocenters.